The molecule has 2 heterocycles. The smallest absolute Gasteiger partial charge is 0.254 e. The Bertz CT molecular complexity index is 1290. The van der Waals surface area contributed by atoms with Gasteiger partial charge in [0.05, 0.1) is 0 Å². The topological polar surface area (TPSA) is 48.6 Å². The molecule has 0 spiro atoms. The summed E-state index contributed by atoms with van der Waals surface area (Å²) in [5.41, 5.74) is 5.53. The number of ether oxygens (including phenoxy) is 1. The van der Waals surface area contributed by atoms with E-state index in [9.17, 15) is 4.79 Å². The molecular formula is C29H31N3O2. The van der Waals surface area contributed by atoms with Gasteiger partial charge in [-0.25, -0.2) is 0 Å². The largest absolute Gasteiger partial charge is 0.457 e. The maximum atomic E-state index is 13.2. The lowest BCUT2D eigenvalue weighted by molar-refractivity contribution is 0.0638. The van der Waals surface area contributed by atoms with E-state index < -0.39 is 0 Å². The van der Waals surface area contributed by atoms with Gasteiger partial charge in [-0.15, -0.1) is 0 Å². The van der Waals surface area contributed by atoms with Gasteiger partial charge in [-0.2, -0.15) is 0 Å². The van der Waals surface area contributed by atoms with Crippen molar-refractivity contribution in [2.75, 3.05) is 32.7 Å². The van der Waals surface area contributed by atoms with E-state index in [4.69, 9.17) is 4.74 Å². The number of H-pyrrole nitrogens is 1. The first-order valence-corrected chi connectivity index (χ1v) is 12.0. The first-order chi connectivity index (χ1) is 16.6. The third-order valence-electron chi connectivity index (χ3n) is 6.82. The summed E-state index contributed by atoms with van der Waals surface area (Å²) >= 11 is 0. The van der Waals surface area contributed by atoms with Crippen molar-refractivity contribution in [1.29, 1.82) is 0 Å². The van der Waals surface area contributed by atoms with E-state index in [1.807, 2.05) is 41.3 Å². The van der Waals surface area contributed by atoms with Crippen molar-refractivity contribution in [2.45, 2.75) is 20.3 Å². The van der Waals surface area contributed by atoms with Crippen molar-refractivity contribution in [3.05, 3.63) is 95.2 Å². The minimum Gasteiger partial charge on any atom is -0.457 e. The zero-order chi connectivity index (χ0) is 23.5. The first-order valence-electron chi connectivity index (χ1n) is 12.0. The summed E-state index contributed by atoms with van der Waals surface area (Å²) in [6.07, 6.45) is 1.04. The predicted octanol–water partition coefficient (Wildman–Crippen LogP) is 5.58. The lowest BCUT2D eigenvalue weighted by atomic mass is 10.1. The van der Waals surface area contributed by atoms with Crippen molar-refractivity contribution in [3.63, 3.8) is 0 Å². The third kappa shape index (κ3) is 4.85. The molecule has 4 aromatic rings. The number of hydrogen-bond donors (Lipinski definition) is 1. The molecule has 1 fully saturated rings. The average molecular weight is 454 g/mol. The number of aromatic amines is 1. The van der Waals surface area contributed by atoms with Gasteiger partial charge in [-0.05, 0) is 67.8 Å². The Morgan fingerprint density at radius 1 is 0.882 bits per heavy atom. The molecule has 34 heavy (non-hydrogen) atoms. The number of hydrogen-bond acceptors (Lipinski definition) is 3. The molecule has 0 saturated carbocycles. The maximum Gasteiger partial charge on any atom is 0.254 e. The Balaban J connectivity index is 1.20. The standard InChI is InChI=1S/C29H31N3O2/c1-21-22(2)30-28-12-11-26(20-27(21)28)34-25-10-6-9-24(19-25)29(33)32-17-15-31(16-18-32)14-13-23-7-4-3-5-8-23/h3-12,19-20,30H,13-18H2,1-2H3. The van der Waals surface area contributed by atoms with E-state index >= 15 is 0 Å². The van der Waals surface area contributed by atoms with Crippen LogP contribution in [0.25, 0.3) is 10.9 Å². The quantitative estimate of drug-likeness (QED) is 0.415. The van der Waals surface area contributed by atoms with Gasteiger partial charge in [0.1, 0.15) is 11.5 Å². The molecule has 0 aliphatic carbocycles. The van der Waals surface area contributed by atoms with Crippen LogP contribution in [0.4, 0.5) is 0 Å². The van der Waals surface area contributed by atoms with Crippen molar-refractivity contribution in [3.8, 4) is 11.5 Å². The number of carbonyl (C=O) groups is 1. The van der Waals surface area contributed by atoms with Crippen molar-refractivity contribution in [2.24, 2.45) is 0 Å². The number of rotatable bonds is 6. The molecule has 1 N–H and O–H groups in total. The van der Waals surface area contributed by atoms with Crippen LogP contribution in [-0.2, 0) is 6.42 Å². The summed E-state index contributed by atoms with van der Waals surface area (Å²) in [6, 6.07) is 24.1. The Kier molecular flexibility index (Phi) is 6.37. The summed E-state index contributed by atoms with van der Waals surface area (Å²) in [6.45, 7) is 8.53. The molecule has 0 radical (unpaired) electrons. The number of nitrogens with zero attached hydrogens (tertiary/aromatic N) is 2. The SMILES string of the molecule is Cc1[nH]c2ccc(Oc3cccc(C(=O)N4CCN(CCc5ccccc5)CC4)c3)cc2c1C. The van der Waals surface area contributed by atoms with Crippen LogP contribution in [0.2, 0.25) is 0 Å². The Morgan fingerprint density at radius 2 is 1.65 bits per heavy atom. The highest BCUT2D eigenvalue weighted by Gasteiger charge is 2.22. The van der Waals surface area contributed by atoms with Gasteiger partial charge in [0, 0.05) is 54.9 Å². The zero-order valence-electron chi connectivity index (χ0n) is 19.9. The molecule has 174 valence electrons. The minimum absolute atomic E-state index is 0.0701. The maximum absolute atomic E-state index is 13.2. The number of piperazine rings is 1. The molecule has 5 heteroatoms. The van der Waals surface area contributed by atoms with Crippen molar-refractivity contribution in [1.82, 2.24) is 14.8 Å². The summed E-state index contributed by atoms with van der Waals surface area (Å²) in [5, 5.41) is 1.16. The average Bonchev–Trinajstić information content (AvgIpc) is 3.16. The number of aryl methyl sites for hydroxylation is 2. The second kappa shape index (κ2) is 9.74. The van der Waals surface area contributed by atoms with Crippen LogP contribution in [-0.4, -0.2) is 53.4 Å². The molecule has 1 aliphatic rings. The van der Waals surface area contributed by atoms with E-state index in [1.54, 1.807) is 0 Å². The molecular weight excluding hydrogens is 422 g/mol. The molecule has 1 saturated heterocycles. The number of amides is 1. The van der Waals surface area contributed by atoms with Crippen LogP contribution in [0.1, 0.15) is 27.2 Å². The fraction of sp³-hybridized carbons (Fsp3) is 0.276. The monoisotopic (exact) mass is 453 g/mol. The molecule has 5 nitrogen and oxygen atoms in total. The van der Waals surface area contributed by atoms with E-state index in [1.165, 1.54) is 16.8 Å². The molecule has 1 amide bonds. The van der Waals surface area contributed by atoms with Crippen LogP contribution in [0.3, 0.4) is 0 Å². The van der Waals surface area contributed by atoms with Gasteiger partial charge in [-0.1, -0.05) is 36.4 Å². The normalized spacial score (nSPS) is 14.5. The van der Waals surface area contributed by atoms with Crippen molar-refractivity contribution < 1.29 is 9.53 Å². The van der Waals surface area contributed by atoms with Gasteiger partial charge in [0.25, 0.3) is 5.91 Å². The van der Waals surface area contributed by atoms with Crippen LogP contribution >= 0.6 is 0 Å². The van der Waals surface area contributed by atoms with Crippen LogP contribution < -0.4 is 4.74 Å². The Morgan fingerprint density at radius 3 is 2.44 bits per heavy atom. The van der Waals surface area contributed by atoms with Crippen LogP contribution in [0.15, 0.2) is 72.8 Å². The lowest BCUT2D eigenvalue weighted by Gasteiger charge is -2.34. The molecule has 1 aromatic heterocycles. The molecule has 3 aromatic carbocycles. The molecule has 0 unspecified atom stereocenters. The number of benzene rings is 3. The van der Waals surface area contributed by atoms with Gasteiger partial charge >= 0.3 is 0 Å². The second-order valence-corrected chi connectivity index (χ2v) is 9.08. The van der Waals surface area contributed by atoms with Gasteiger partial charge in [0.15, 0.2) is 0 Å². The van der Waals surface area contributed by atoms with E-state index in [2.05, 4.69) is 60.1 Å². The number of carbonyl (C=O) groups excluding carboxylic acids is 1. The Hall–Kier alpha value is -3.57. The highest BCUT2D eigenvalue weighted by Crippen LogP contribution is 2.29. The molecule has 5 rings (SSSR count). The van der Waals surface area contributed by atoms with Gasteiger partial charge in [0.2, 0.25) is 0 Å². The minimum atomic E-state index is 0.0701. The zero-order valence-corrected chi connectivity index (χ0v) is 19.9. The van der Waals surface area contributed by atoms with Crippen molar-refractivity contribution >= 4 is 16.8 Å². The molecule has 0 bridgehead atoms. The van der Waals surface area contributed by atoms with Gasteiger partial charge in [-0.3, -0.25) is 9.69 Å². The number of nitrogens with one attached hydrogen (secondary N) is 1. The molecule has 1 aliphatic heterocycles. The molecule has 0 atom stereocenters. The van der Waals surface area contributed by atoms with Gasteiger partial charge < -0.3 is 14.6 Å². The Labute approximate surface area is 201 Å². The summed E-state index contributed by atoms with van der Waals surface area (Å²) < 4.78 is 6.13. The highest BCUT2D eigenvalue weighted by atomic mass is 16.5. The number of fused-ring (bicyclic) bond motifs is 1. The van der Waals surface area contributed by atoms with E-state index in [0.717, 1.165) is 55.8 Å². The first kappa shape index (κ1) is 22.2. The second-order valence-electron chi connectivity index (χ2n) is 9.08. The van der Waals surface area contributed by atoms with E-state index in [-0.39, 0.29) is 5.91 Å². The lowest BCUT2D eigenvalue weighted by Crippen LogP contribution is -2.49. The van der Waals surface area contributed by atoms with Crippen LogP contribution in [0, 0.1) is 13.8 Å². The fourth-order valence-electron chi connectivity index (χ4n) is 4.62. The summed E-state index contributed by atoms with van der Waals surface area (Å²) in [4.78, 5) is 20.9. The summed E-state index contributed by atoms with van der Waals surface area (Å²) in [5.74, 6) is 1.52. The predicted molar refractivity (Wildman–Crippen MR) is 137 cm³/mol. The number of aromatic nitrogens is 1. The van der Waals surface area contributed by atoms with E-state index in [0.29, 0.717) is 11.3 Å². The van der Waals surface area contributed by atoms with Crippen LogP contribution in [0.5, 0.6) is 11.5 Å². The highest BCUT2D eigenvalue weighted by molar-refractivity contribution is 5.94. The summed E-state index contributed by atoms with van der Waals surface area (Å²) in [7, 11) is 0. The fourth-order valence-corrected chi connectivity index (χ4v) is 4.62. The third-order valence-corrected chi connectivity index (χ3v) is 6.82.